The van der Waals surface area contributed by atoms with Gasteiger partial charge in [-0.1, -0.05) is 15.9 Å². The van der Waals surface area contributed by atoms with Crippen molar-refractivity contribution in [3.05, 3.63) is 51.6 Å². The van der Waals surface area contributed by atoms with Gasteiger partial charge in [0.25, 0.3) is 0 Å². The number of carboxylic acid groups (broad SMARTS) is 1. The Hall–Kier alpha value is -1.82. The topological polar surface area (TPSA) is 59.7 Å². The first-order chi connectivity index (χ1) is 8.97. The van der Waals surface area contributed by atoms with Gasteiger partial charge in [0.15, 0.2) is 11.6 Å². The van der Waals surface area contributed by atoms with Crippen molar-refractivity contribution in [2.75, 3.05) is 0 Å². The number of benzene rings is 1. The van der Waals surface area contributed by atoms with Crippen LogP contribution in [0, 0.1) is 12.7 Å². The normalized spacial score (nSPS) is 10.5. The average molecular weight is 329 g/mol. The van der Waals surface area contributed by atoms with Gasteiger partial charge >= 0.3 is 5.97 Å². The van der Waals surface area contributed by atoms with E-state index in [4.69, 9.17) is 14.3 Å². The monoisotopic (exact) mass is 328 g/mol. The van der Waals surface area contributed by atoms with Gasteiger partial charge < -0.3 is 14.3 Å². The highest BCUT2D eigenvalue weighted by Gasteiger charge is 2.14. The minimum absolute atomic E-state index is 0.0350. The molecular weight excluding hydrogens is 319 g/mol. The fraction of sp³-hybridized carbons (Fsp3) is 0.154. The van der Waals surface area contributed by atoms with Gasteiger partial charge in [-0.25, -0.2) is 9.18 Å². The maximum atomic E-state index is 13.5. The summed E-state index contributed by atoms with van der Waals surface area (Å²) in [5.74, 6) is -0.868. The number of hydrogen-bond donors (Lipinski definition) is 1. The molecule has 0 aliphatic rings. The molecule has 0 aliphatic carbocycles. The standard InChI is InChI=1S/C13H10BrFO4/c1-7-10(13(16)17)5-9(19-7)6-18-12-3-2-8(14)4-11(12)15/h2-5H,6H2,1H3,(H,16,17). The van der Waals surface area contributed by atoms with E-state index in [1.54, 1.807) is 13.0 Å². The van der Waals surface area contributed by atoms with Gasteiger partial charge in [0.05, 0.1) is 0 Å². The Morgan fingerprint density at radius 1 is 1.47 bits per heavy atom. The van der Waals surface area contributed by atoms with Crippen LogP contribution < -0.4 is 4.74 Å². The van der Waals surface area contributed by atoms with Crippen LogP contribution in [0.15, 0.2) is 33.2 Å². The zero-order valence-electron chi connectivity index (χ0n) is 9.94. The first-order valence-corrected chi connectivity index (χ1v) is 6.17. The number of hydrogen-bond acceptors (Lipinski definition) is 3. The minimum Gasteiger partial charge on any atom is -0.483 e. The molecule has 19 heavy (non-hydrogen) atoms. The van der Waals surface area contributed by atoms with Gasteiger partial charge in [-0.3, -0.25) is 0 Å². The maximum Gasteiger partial charge on any atom is 0.339 e. The quantitative estimate of drug-likeness (QED) is 0.928. The van der Waals surface area contributed by atoms with Crippen molar-refractivity contribution in [3.8, 4) is 5.75 Å². The highest BCUT2D eigenvalue weighted by atomic mass is 79.9. The molecule has 0 saturated heterocycles. The molecule has 6 heteroatoms. The molecule has 0 amide bonds. The fourth-order valence-corrected chi connectivity index (χ4v) is 1.90. The van der Waals surface area contributed by atoms with Gasteiger partial charge in [-0.05, 0) is 31.2 Å². The Bertz CT molecular complexity index is 621. The van der Waals surface area contributed by atoms with Gasteiger partial charge in [-0.15, -0.1) is 0 Å². The van der Waals surface area contributed by atoms with Crippen LogP contribution in [0.25, 0.3) is 0 Å². The SMILES string of the molecule is Cc1oc(COc2ccc(Br)cc2F)cc1C(=O)O. The summed E-state index contributed by atoms with van der Waals surface area (Å²) in [6, 6.07) is 5.78. The largest absolute Gasteiger partial charge is 0.483 e. The lowest BCUT2D eigenvalue weighted by atomic mass is 10.2. The Morgan fingerprint density at radius 2 is 2.21 bits per heavy atom. The summed E-state index contributed by atoms with van der Waals surface area (Å²) in [6.45, 7) is 1.51. The van der Waals surface area contributed by atoms with Crippen molar-refractivity contribution in [1.29, 1.82) is 0 Å². The Kier molecular flexibility index (Phi) is 3.90. The van der Waals surface area contributed by atoms with Crippen molar-refractivity contribution < 1.29 is 23.4 Å². The highest BCUT2D eigenvalue weighted by Crippen LogP contribution is 2.23. The molecule has 0 radical (unpaired) electrons. The number of aryl methyl sites for hydroxylation is 1. The maximum absolute atomic E-state index is 13.5. The molecule has 1 aromatic carbocycles. The molecule has 0 bridgehead atoms. The number of carbonyl (C=O) groups is 1. The van der Waals surface area contributed by atoms with Gasteiger partial charge in [0, 0.05) is 4.47 Å². The van der Waals surface area contributed by atoms with Crippen LogP contribution >= 0.6 is 15.9 Å². The molecule has 4 nitrogen and oxygen atoms in total. The van der Waals surface area contributed by atoms with E-state index in [2.05, 4.69) is 15.9 Å². The van der Waals surface area contributed by atoms with Crippen molar-refractivity contribution in [2.24, 2.45) is 0 Å². The number of rotatable bonds is 4. The molecule has 2 aromatic rings. The zero-order chi connectivity index (χ0) is 14.0. The van der Waals surface area contributed by atoms with E-state index in [-0.39, 0.29) is 17.9 Å². The fourth-order valence-electron chi connectivity index (χ4n) is 1.57. The molecule has 0 aliphatic heterocycles. The van der Waals surface area contributed by atoms with E-state index in [1.165, 1.54) is 18.2 Å². The third-order valence-electron chi connectivity index (χ3n) is 2.46. The minimum atomic E-state index is -1.07. The first kappa shape index (κ1) is 13.6. The number of aromatic carboxylic acids is 1. The molecule has 0 fully saturated rings. The summed E-state index contributed by atoms with van der Waals surface area (Å²) in [7, 11) is 0. The third kappa shape index (κ3) is 3.14. The predicted molar refractivity (Wildman–Crippen MR) is 68.8 cm³/mol. The molecule has 2 rings (SSSR count). The number of furan rings is 1. The summed E-state index contributed by atoms with van der Waals surface area (Å²) in [4.78, 5) is 10.8. The lowest BCUT2D eigenvalue weighted by Crippen LogP contribution is -1.97. The molecule has 0 unspecified atom stereocenters. The number of halogens is 2. The van der Waals surface area contributed by atoms with Crippen molar-refractivity contribution in [1.82, 2.24) is 0 Å². The summed E-state index contributed by atoms with van der Waals surface area (Å²) >= 11 is 3.14. The van der Waals surface area contributed by atoms with E-state index >= 15 is 0 Å². The van der Waals surface area contributed by atoms with Crippen molar-refractivity contribution in [2.45, 2.75) is 13.5 Å². The van der Waals surface area contributed by atoms with Crippen LogP contribution in [0.1, 0.15) is 21.9 Å². The van der Waals surface area contributed by atoms with Gasteiger partial charge in [-0.2, -0.15) is 0 Å². The third-order valence-corrected chi connectivity index (χ3v) is 2.96. The van der Waals surface area contributed by atoms with E-state index < -0.39 is 11.8 Å². The van der Waals surface area contributed by atoms with Gasteiger partial charge in [0.1, 0.15) is 23.7 Å². The molecule has 1 N–H and O–H groups in total. The second kappa shape index (κ2) is 5.44. The molecule has 0 saturated carbocycles. The molecule has 0 atom stereocenters. The van der Waals surface area contributed by atoms with Crippen LogP contribution in [-0.2, 0) is 6.61 Å². The van der Waals surface area contributed by atoms with Crippen LogP contribution in [0.4, 0.5) is 4.39 Å². The molecule has 1 heterocycles. The molecule has 1 aromatic heterocycles. The van der Waals surface area contributed by atoms with Crippen LogP contribution in [-0.4, -0.2) is 11.1 Å². The highest BCUT2D eigenvalue weighted by molar-refractivity contribution is 9.10. The van der Waals surface area contributed by atoms with Crippen molar-refractivity contribution >= 4 is 21.9 Å². The van der Waals surface area contributed by atoms with Crippen LogP contribution in [0.3, 0.4) is 0 Å². The Balaban J connectivity index is 2.10. The average Bonchev–Trinajstić information content (AvgIpc) is 2.69. The van der Waals surface area contributed by atoms with E-state index in [0.29, 0.717) is 16.0 Å². The Labute approximate surface area is 116 Å². The van der Waals surface area contributed by atoms with Crippen molar-refractivity contribution in [3.63, 3.8) is 0 Å². The first-order valence-electron chi connectivity index (χ1n) is 5.38. The number of ether oxygens (including phenoxy) is 1. The summed E-state index contributed by atoms with van der Waals surface area (Å²) in [6.07, 6.45) is 0. The number of carboxylic acids is 1. The second-order valence-corrected chi connectivity index (χ2v) is 4.77. The van der Waals surface area contributed by atoms with E-state index in [9.17, 15) is 9.18 Å². The smallest absolute Gasteiger partial charge is 0.339 e. The molecule has 100 valence electrons. The van der Waals surface area contributed by atoms with Crippen LogP contribution in [0.5, 0.6) is 5.75 Å². The second-order valence-electron chi connectivity index (χ2n) is 3.85. The summed E-state index contributed by atoms with van der Waals surface area (Å²) < 4.78 is 24.6. The Morgan fingerprint density at radius 3 is 2.79 bits per heavy atom. The zero-order valence-corrected chi connectivity index (χ0v) is 11.5. The molecular formula is C13H10BrFO4. The van der Waals surface area contributed by atoms with Crippen LogP contribution in [0.2, 0.25) is 0 Å². The summed E-state index contributed by atoms with van der Waals surface area (Å²) in [5, 5.41) is 8.87. The van der Waals surface area contributed by atoms with E-state index in [1.807, 2.05) is 0 Å². The van der Waals surface area contributed by atoms with Gasteiger partial charge in [0.2, 0.25) is 0 Å². The summed E-state index contributed by atoms with van der Waals surface area (Å²) in [5.41, 5.74) is 0.0786. The predicted octanol–water partition coefficient (Wildman–Crippen LogP) is 3.77. The molecule has 0 spiro atoms. The van der Waals surface area contributed by atoms with E-state index in [0.717, 1.165) is 0 Å². The lowest BCUT2D eigenvalue weighted by molar-refractivity contribution is 0.0695. The lowest BCUT2D eigenvalue weighted by Gasteiger charge is -2.05.